The fourth-order valence-electron chi connectivity index (χ4n) is 1.70. The van der Waals surface area contributed by atoms with Crippen molar-refractivity contribution in [2.24, 2.45) is 7.05 Å². The van der Waals surface area contributed by atoms with Crippen LogP contribution in [0.25, 0.3) is 11.0 Å². The van der Waals surface area contributed by atoms with Crippen molar-refractivity contribution >= 4 is 22.6 Å². The highest BCUT2D eigenvalue weighted by Crippen LogP contribution is 2.18. The SMILES string of the molecule is COCC(=O)Nc1cnc2c(c1)c(C)nn2C. The van der Waals surface area contributed by atoms with Crippen molar-refractivity contribution in [3.05, 3.63) is 18.0 Å². The normalized spacial score (nSPS) is 10.8. The Morgan fingerprint density at radius 1 is 1.59 bits per heavy atom. The minimum absolute atomic E-state index is 0.0318. The van der Waals surface area contributed by atoms with Gasteiger partial charge in [-0.2, -0.15) is 5.10 Å². The Morgan fingerprint density at radius 2 is 2.35 bits per heavy atom. The molecule has 0 aromatic carbocycles. The Balaban J connectivity index is 2.31. The molecule has 17 heavy (non-hydrogen) atoms. The van der Waals surface area contributed by atoms with Crippen LogP contribution in [-0.4, -0.2) is 34.4 Å². The summed E-state index contributed by atoms with van der Waals surface area (Å²) in [6.45, 7) is 1.94. The molecule has 0 unspecified atom stereocenters. The van der Waals surface area contributed by atoms with E-state index in [2.05, 4.69) is 15.4 Å². The Labute approximate surface area is 98.6 Å². The van der Waals surface area contributed by atoms with Crippen LogP contribution in [0, 0.1) is 6.92 Å². The molecule has 0 atom stereocenters. The van der Waals surface area contributed by atoms with E-state index < -0.39 is 0 Å². The fourth-order valence-corrected chi connectivity index (χ4v) is 1.70. The van der Waals surface area contributed by atoms with E-state index in [1.54, 1.807) is 10.9 Å². The number of rotatable bonds is 3. The number of nitrogens with zero attached hydrogens (tertiary/aromatic N) is 3. The third-order valence-corrected chi connectivity index (χ3v) is 2.42. The summed E-state index contributed by atoms with van der Waals surface area (Å²) in [5, 5.41) is 7.90. The van der Waals surface area contributed by atoms with E-state index in [-0.39, 0.29) is 12.5 Å². The molecular formula is C11H14N4O2. The van der Waals surface area contributed by atoms with Gasteiger partial charge in [0.2, 0.25) is 5.91 Å². The Hall–Kier alpha value is -1.95. The number of methoxy groups -OCH3 is 1. The predicted molar refractivity (Wildman–Crippen MR) is 63.8 cm³/mol. The van der Waals surface area contributed by atoms with Crippen LogP contribution >= 0.6 is 0 Å². The molecule has 6 heteroatoms. The lowest BCUT2D eigenvalue weighted by Gasteiger charge is -2.04. The monoisotopic (exact) mass is 234 g/mol. The zero-order chi connectivity index (χ0) is 12.4. The highest BCUT2D eigenvalue weighted by molar-refractivity contribution is 5.93. The zero-order valence-corrected chi connectivity index (χ0v) is 10.0. The molecule has 2 heterocycles. The first-order valence-electron chi connectivity index (χ1n) is 5.20. The summed E-state index contributed by atoms with van der Waals surface area (Å²) in [4.78, 5) is 15.6. The van der Waals surface area contributed by atoms with Gasteiger partial charge in [-0.15, -0.1) is 0 Å². The Bertz CT molecular complexity index is 562. The van der Waals surface area contributed by atoms with Gasteiger partial charge in [-0.3, -0.25) is 9.48 Å². The maximum atomic E-state index is 11.4. The van der Waals surface area contributed by atoms with Crippen molar-refractivity contribution in [3.8, 4) is 0 Å². The first kappa shape index (κ1) is 11.5. The van der Waals surface area contributed by atoms with E-state index >= 15 is 0 Å². The summed E-state index contributed by atoms with van der Waals surface area (Å²) < 4.78 is 6.46. The molecule has 1 N–H and O–H groups in total. The van der Waals surface area contributed by atoms with Crippen LogP contribution in [0.4, 0.5) is 5.69 Å². The largest absolute Gasteiger partial charge is 0.375 e. The maximum Gasteiger partial charge on any atom is 0.250 e. The second-order valence-corrected chi connectivity index (χ2v) is 3.79. The summed E-state index contributed by atoms with van der Waals surface area (Å²) in [5.41, 5.74) is 2.33. The predicted octanol–water partition coefficient (Wildman–Crippen LogP) is 0.862. The summed E-state index contributed by atoms with van der Waals surface area (Å²) >= 11 is 0. The van der Waals surface area contributed by atoms with E-state index in [9.17, 15) is 4.79 Å². The van der Waals surface area contributed by atoms with Crippen LogP contribution in [0.1, 0.15) is 5.69 Å². The molecule has 2 aromatic rings. The number of aromatic nitrogens is 3. The second kappa shape index (κ2) is 4.50. The molecule has 0 aliphatic rings. The number of fused-ring (bicyclic) bond motifs is 1. The number of hydrogen-bond acceptors (Lipinski definition) is 4. The smallest absolute Gasteiger partial charge is 0.250 e. The zero-order valence-electron chi connectivity index (χ0n) is 10.0. The number of amides is 1. The van der Waals surface area contributed by atoms with E-state index in [0.717, 1.165) is 16.7 Å². The highest BCUT2D eigenvalue weighted by atomic mass is 16.5. The third-order valence-electron chi connectivity index (χ3n) is 2.42. The lowest BCUT2D eigenvalue weighted by molar-refractivity contribution is -0.119. The van der Waals surface area contributed by atoms with Crippen molar-refractivity contribution in [1.29, 1.82) is 0 Å². The van der Waals surface area contributed by atoms with Crippen LogP contribution in [0.15, 0.2) is 12.3 Å². The average Bonchev–Trinajstić information content (AvgIpc) is 2.55. The van der Waals surface area contributed by atoms with E-state index in [0.29, 0.717) is 5.69 Å². The number of aryl methyl sites for hydroxylation is 2. The molecule has 0 radical (unpaired) electrons. The topological polar surface area (TPSA) is 69.0 Å². The second-order valence-electron chi connectivity index (χ2n) is 3.79. The minimum atomic E-state index is -0.199. The van der Waals surface area contributed by atoms with Crippen LogP contribution < -0.4 is 5.32 Å². The van der Waals surface area contributed by atoms with Gasteiger partial charge in [0.1, 0.15) is 6.61 Å². The van der Waals surface area contributed by atoms with Gasteiger partial charge in [-0.05, 0) is 13.0 Å². The van der Waals surface area contributed by atoms with Gasteiger partial charge in [0.15, 0.2) is 5.65 Å². The van der Waals surface area contributed by atoms with Gasteiger partial charge in [-0.25, -0.2) is 4.98 Å². The quantitative estimate of drug-likeness (QED) is 0.855. The van der Waals surface area contributed by atoms with Gasteiger partial charge < -0.3 is 10.1 Å². The lowest BCUT2D eigenvalue weighted by atomic mass is 10.2. The molecule has 0 bridgehead atoms. The van der Waals surface area contributed by atoms with Crippen LogP contribution in [-0.2, 0) is 16.6 Å². The first-order valence-corrected chi connectivity index (χ1v) is 5.20. The average molecular weight is 234 g/mol. The molecule has 0 saturated heterocycles. The molecule has 2 aromatic heterocycles. The molecule has 0 spiro atoms. The third kappa shape index (κ3) is 2.26. The maximum absolute atomic E-state index is 11.4. The molecule has 0 saturated carbocycles. The van der Waals surface area contributed by atoms with Crippen molar-refractivity contribution in [2.45, 2.75) is 6.92 Å². The van der Waals surface area contributed by atoms with Crippen LogP contribution in [0.2, 0.25) is 0 Å². The van der Waals surface area contributed by atoms with Crippen LogP contribution in [0.3, 0.4) is 0 Å². The molecule has 90 valence electrons. The number of hydrogen-bond donors (Lipinski definition) is 1. The molecule has 1 amide bonds. The molecule has 6 nitrogen and oxygen atoms in total. The van der Waals surface area contributed by atoms with Gasteiger partial charge >= 0.3 is 0 Å². The van der Waals surface area contributed by atoms with Crippen molar-refractivity contribution in [2.75, 3.05) is 19.0 Å². The Kier molecular flexibility index (Phi) is 3.06. The van der Waals surface area contributed by atoms with Crippen LogP contribution in [0.5, 0.6) is 0 Å². The minimum Gasteiger partial charge on any atom is -0.375 e. The van der Waals surface area contributed by atoms with Gasteiger partial charge in [0.25, 0.3) is 0 Å². The summed E-state index contributed by atoms with van der Waals surface area (Å²) in [6, 6.07) is 1.86. The lowest BCUT2D eigenvalue weighted by Crippen LogP contribution is -2.17. The number of pyridine rings is 1. The number of ether oxygens (including phenoxy) is 1. The fraction of sp³-hybridized carbons (Fsp3) is 0.364. The summed E-state index contributed by atoms with van der Waals surface area (Å²) in [5.74, 6) is -0.199. The number of carbonyl (C=O) groups excluding carboxylic acids is 1. The summed E-state index contributed by atoms with van der Waals surface area (Å²) in [7, 11) is 3.32. The Morgan fingerprint density at radius 3 is 3.06 bits per heavy atom. The first-order chi connectivity index (χ1) is 8.11. The molecular weight excluding hydrogens is 220 g/mol. The number of carbonyl (C=O) groups is 1. The molecule has 0 fully saturated rings. The highest BCUT2D eigenvalue weighted by Gasteiger charge is 2.08. The van der Waals surface area contributed by atoms with Crippen molar-refractivity contribution in [1.82, 2.24) is 14.8 Å². The van der Waals surface area contributed by atoms with Gasteiger partial charge in [-0.1, -0.05) is 0 Å². The molecule has 2 rings (SSSR count). The van der Waals surface area contributed by atoms with Crippen molar-refractivity contribution in [3.63, 3.8) is 0 Å². The van der Waals surface area contributed by atoms with Crippen molar-refractivity contribution < 1.29 is 9.53 Å². The van der Waals surface area contributed by atoms with E-state index in [1.807, 2.05) is 20.0 Å². The number of nitrogens with one attached hydrogen (secondary N) is 1. The van der Waals surface area contributed by atoms with Gasteiger partial charge in [0, 0.05) is 19.5 Å². The van der Waals surface area contributed by atoms with E-state index in [1.165, 1.54) is 7.11 Å². The molecule has 0 aliphatic carbocycles. The number of anilines is 1. The standard InChI is InChI=1S/C11H14N4O2/c1-7-9-4-8(13-10(16)6-17-3)5-12-11(9)15(2)14-7/h4-5H,6H2,1-3H3,(H,13,16). The summed E-state index contributed by atoms with van der Waals surface area (Å²) in [6.07, 6.45) is 1.61. The van der Waals surface area contributed by atoms with E-state index in [4.69, 9.17) is 4.74 Å². The molecule has 0 aliphatic heterocycles. The van der Waals surface area contributed by atoms with Gasteiger partial charge in [0.05, 0.1) is 17.6 Å².